The Kier molecular flexibility index (Phi) is 6.77. The fraction of sp³-hybridized carbons (Fsp3) is 0.350. The number of anilines is 1. The number of carbonyl (C=O) groups excluding carboxylic acids is 1. The number of nitrogens with zero attached hydrogens (tertiary/aromatic N) is 2. The van der Waals surface area contributed by atoms with Crippen LogP contribution in [0.5, 0.6) is 0 Å². The predicted octanol–water partition coefficient (Wildman–Crippen LogP) is 2.74. The minimum absolute atomic E-state index is 0.130. The van der Waals surface area contributed by atoms with Crippen LogP contribution in [0.25, 0.3) is 0 Å². The summed E-state index contributed by atoms with van der Waals surface area (Å²) >= 11 is 1.59. The van der Waals surface area contributed by atoms with Crippen molar-refractivity contribution in [3.05, 3.63) is 59.7 Å². The van der Waals surface area contributed by atoms with Crippen molar-refractivity contribution >= 4 is 33.4 Å². The average Bonchev–Trinajstić information content (AvgIpc) is 2.68. The first-order valence-corrected chi connectivity index (χ1v) is 12.1. The lowest BCUT2D eigenvalue weighted by Gasteiger charge is -2.33. The van der Waals surface area contributed by atoms with Crippen molar-refractivity contribution in [2.24, 2.45) is 0 Å². The van der Waals surface area contributed by atoms with Gasteiger partial charge in [0.25, 0.3) is 5.91 Å². The Bertz CT molecular complexity index is 922. The molecule has 0 bridgehead atoms. The zero-order chi connectivity index (χ0) is 20.1. The van der Waals surface area contributed by atoms with Crippen LogP contribution in [0.3, 0.4) is 0 Å². The summed E-state index contributed by atoms with van der Waals surface area (Å²) in [6, 6.07) is 15.3. The molecule has 1 aliphatic rings. The number of amides is 1. The Morgan fingerprint density at radius 2 is 1.68 bits per heavy atom. The van der Waals surface area contributed by atoms with Gasteiger partial charge in [-0.1, -0.05) is 24.3 Å². The van der Waals surface area contributed by atoms with Crippen LogP contribution < -0.4 is 5.32 Å². The van der Waals surface area contributed by atoms with E-state index in [0.717, 1.165) is 22.7 Å². The number of rotatable bonds is 6. The zero-order valence-corrected chi connectivity index (χ0v) is 17.7. The predicted molar refractivity (Wildman–Crippen MR) is 114 cm³/mol. The third-order valence-corrected chi connectivity index (χ3v) is 6.88. The van der Waals surface area contributed by atoms with E-state index in [2.05, 4.69) is 10.2 Å². The van der Waals surface area contributed by atoms with Gasteiger partial charge in [-0.25, -0.2) is 8.42 Å². The van der Waals surface area contributed by atoms with Gasteiger partial charge in [0.2, 0.25) is 10.0 Å². The lowest BCUT2D eigenvalue weighted by Crippen LogP contribution is -2.47. The van der Waals surface area contributed by atoms with Crippen molar-refractivity contribution in [1.29, 1.82) is 0 Å². The van der Waals surface area contributed by atoms with E-state index in [1.807, 2.05) is 54.8 Å². The number of nitrogens with one attached hydrogen (secondary N) is 1. The van der Waals surface area contributed by atoms with Crippen LogP contribution in [0, 0.1) is 0 Å². The molecule has 0 spiro atoms. The van der Waals surface area contributed by atoms with Gasteiger partial charge in [0.1, 0.15) is 0 Å². The van der Waals surface area contributed by atoms with E-state index in [0.29, 0.717) is 31.7 Å². The summed E-state index contributed by atoms with van der Waals surface area (Å²) in [6.07, 6.45) is 3.24. The van der Waals surface area contributed by atoms with Gasteiger partial charge < -0.3 is 5.32 Å². The van der Waals surface area contributed by atoms with Crippen molar-refractivity contribution in [1.82, 2.24) is 9.21 Å². The lowest BCUT2D eigenvalue weighted by atomic mass is 10.1. The van der Waals surface area contributed by atoms with Crippen molar-refractivity contribution in [3.63, 3.8) is 0 Å². The molecule has 8 heteroatoms. The highest BCUT2D eigenvalue weighted by Crippen LogP contribution is 2.25. The molecule has 0 atom stereocenters. The Morgan fingerprint density at radius 3 is 2.29 bits per heavy atom. The van der Waals surface area contributed by atoms with Crippen LogP contribution in [0.15, 0.2) is 53.4 Å². The Morgan fingerprint density at radius 1 is 1.04 bits per heavy atom. The first-order chi connectivity index (χ1) is 13.4. The average molecular weight is 420 g/mol. The lowest BCUT2D eigenvalue weighted by molar-refractivity contribution is 0.102. The Labute approximate surface area is 171 Å². The molecule has 1 saturated heterocycles. The first-order valence-electron chi connectivity index (χ1n) is 9.07. The van der Waals surface area contributed by atoms with Crippen LogP contribution >= 0.6 is 11.8 Å². The fourth-order valence-corrected chi connectivity index (χ4v) is 4.56. The summed E-state index contributed by atoms with van der Waals surface area (Å²) in [5.41, 5.74) is 2.53. The molecular weight excluding hydrogens is 394 g/mol. The molecule has 0 unspecified atom stereocenters. The molecule has 1 heterocycles. The number of benzene rings is 2. The monoisotopic (exact) mass is 419 g/mol. The number of carbonyl (C=O) groups is 1. The van der Waals surface area contributed by atoms with Gasteiger partial charge in [0, 0.05) is 43.2 Å². The van der Waals surface area contributed by atoms with E-state index >= 15 is 0 Å². The first kappa shape index (κ1) is 20.9. The molecule has 28 heavy (non-hydrogen) atoms. The topological polar surface area (TPSA) is 69.7 Å². The molecule has 0 aromatic heterocycles. The number of piperazine rings is 1. The van der Waals surface area contributed by atoms with Crippen molar-refractivity contribution in [2.75, 3.05) is 44.0 Å². The standard InChI is InChI=1S/C20H25N3O3S2/c1-27-19-6-4-3-5-18(19)21-20(24)17-9-7-16(8-10-17)15-22-11-13-23(14-12-22)28(2,25)26/h3-10H,11-15H2,1-2H3,(H,21,24). The van der Waals surface area contributed by atoms with Gasteiger partial charge in [-0.05, 0) is 36.1 Å². The van der Waals surface area contributed by atoms with Gasteiger partial charge in [0.05, 0.1) is 11.9 Å². The number of hydrogen-bond acceptors (Lipinski definition) is 5. The van der Waals surface area contributed by atoms with Gasteiger partial charge in [-0.2, -0.15) is 4.31 Å². The molecule has 3 rings (SSSR count). The number of para-hydroxylation sites is 1. The van der Waals surface area contributed by atoms with Gasteiger partial charge >= 0.3 is 0 Å². The molecule has 6 nitrogen and oxygen atoms in total. The van der Waals surface area contributed by atoms with E-state index in [4.69, 9.17) is 0 Å². The maximum absolute atomic E-state index is 12.5. The maximum Gasteiger partial charge on any atom is 0.255 e. The van der Waals surface area contributed by atoms with E-state index in [1.54, 1.807) is 11.8 Å². The van der Waals surface area contributed by atoms with Gasteiger partial charge in [0.15, 0.2) is 0 Å². The summed E-state index contributed by atoms with van der Waals surface area (Å²) < 4.78 is 24.7. The molecule has 1 N–H and O–H groups in total. The van der Waals surface area contributed by atoms with Crippen LogP contribution in [0.4, 0.5) is 5.69 Å². The molecule has 0 aliphatic carbocycles. The van der Waals surface area contributed by atoms with Crippen LogP contribution in [0.1, 0.15) is 15.9 Å². The number of hydrogen-bond donors (Lipinski definition) is 1. The highest BCUT2D eigenvalue weighted by Gasteiger charge is 2.23. The summed E-state index contributed by atoms with van der Waals surface area (Å²) in [6.45, 7) is 3.21. The number of sulfonamides is 1. The highest BCUT2D eigenvalue weighted by molar-refractivity contribution is 7.98. The summed E-state index contributed by atoms with van der Waals surface area (Å²) in [4.78, 5) is 15.8. The van der Waals surface area contributed by atoms with E-state index in [-0.39, 0.29) is 5.91 Å². The Hall–Kier alpha value is -1.87. The van der Waals surface area contributed by atoms with Crippen molar-refractivity contribution in [3.8, 4) is 0 Å². The molecule has 1 fully saturated rings. The molecule has 2 aromatic rings. The molecule has 150 valence electrons. The zero-order valence-electron chi connectivity index (χ0n) is 16.1. The molecule has 2 aromatic carbocycles. The normalized spacial score (nSPS) is 16.1. The van der Waals surface area contributed by atoms with E-state index in [9.17, 15) is 13.2 Å². The summed E-state index contributed by atoms with van der Waals surface area (Å²) in [5, 5.41) is 2.96. The molecule has 1 amide bonds. The second-order valence-electron chi connectivity index (χ2n) is 6.79. The van der Waals surface area contributed by atoms with E-state index in [1.165, 1.54) is 10.6 Å². The van der Waals surface area contributed by atoms with Crippen molar-refractivity contribution < 1.29 is 13.2 Å². The fourth-order valence-electron chi connectivity index (χ4n) is 3.18. The SMILES string of the molecule is CSc1ccccc1NC(=O)c1ccc(CN2CCN(S(C)(=O)=O)CC2)cc1. The largest absolute Gasteiger partial charge is 0.321 e. The minimum atomic E-state index is -3.11. The molecular formula is C20H25N3O3S2. The van der Waals surface area contributed by atoms with Crippen LogP contribution in [-0.4, -0.2) is 62.2 Å². The molecule has 0 radical (unpaired) electrons. The maximum atomic E-state index is 12.5. The van der Waals surface area contributed by atoms with Gasteiger partial charge in [-0.15, -0.1) is 11.8 Å². The summed E-state index contributed by atoms with van der Waals surface area (Å²) in [5.74, 6) is -0.130. The number of thioether (sulfide) groups is 1. The summed E-state index contributed by atoms with van der Waals surface area (Å²) in [7, 11) is -3.11. The highest BCUT2D eigenvalue weighted by atomic mass is 32.2. The molecule has 1 aliphatic heterocycles. The van der Waals surface area contributed by atoms with Crippen molar-refractivity contribution in [2.45, 2.75) is 11.4 Å². The Balaban J connectivity index is 1.57. The van der Waals surface area contributed by atoms with Crippen LogP contribution in [0.2, 0.25) is 0 Å². The third kappa shape index (κ3) is 5.35. The second-order valence-corrected chi connectivity index (χ2v) is 9.62. The molecule has 0 saturated carbocycles. The van der Waals surface area contributed by atoms with E-state index < -0.39 is 10.0 Å². The quantitative estimate of drug-likeness (QED) is 0.729. The van der Waals surface area contributed by atoms with Crippen LogP contribution in [-0.2, 0) is 16.6 Å². The second kappa shape index (κ2) is 9.09. The third-order valence-electron chi connectivity index (χ3n) is 4.78. The smallest absolute Gasteiger partial charge is 0.255 e. The van der Waals surface area contributed by atoms with Gasteiger partial charge in [-0.3, -0.25) is 9.69 Å². The minimum Gasteiger partial charge on any atom is -0.321 e.